The fourth-order valence-corrected chi connectivity index (χ4v) is 1.87. The molecule has 0 fully saturated rings. The van der Waals surface area contributed by atoms with Gasteiger partial charge in [0.1, 0.15) is 0 Å². The van der Waals surface area contributed by atoms with Gasteiger partial charge in [-0.15, -0.1) is 0 Å². The van der Waals surface area contributed by atoms with Crippen molar-refractivity contribution >= 4 is 34.0 Å². The molecule has 0 amide bonds. The maximum Gasteiger partial charge on any atom is 0.248 e. The molecule has 56 valence electrons. The van der Waals surface area contributed by atoms with Crippen LogP contribution in [0.15, 0.2) is 22.9 Å². The number of hydrogen-bond donors (Lipinski definition) is 0. The van der Waals surface area contributed by atoms with Crippen LogP contribution in [0.2, 0.25) is 0 Å². The molecule has 1 atom stereocenters. The van der Waals surface area contributed by atoms with Gasteiger partial charge in [-0.2, -0.15) is 0 Å². The minimum atomic E-state index is -3.18. The molecule has 1 heterocycles. The van der Waals surface area contributed by atoms with Gasteiger partial charge in [0, 0.05) is 25.3 Å². The van der Waals surface area contributed by atoms with Crippen LogP contribution in [0.5, 0.6) is 0 Å². The lowest BCUT2D eigenvalue weighted by molar-refractivity contribution is 0.603. The van der Waals surface area contributed by atoms with Crippen LogP contribution in [0.1, 0.15) is 0 Å². The molecule has 0 bridgehead atoms. The summed E-state index contributed by atoms with van der Waals surface area (Å²) in [6.07, 6.45) is 2.94. The van der Waals surface area contributed by atoms with Crippen molar-refractivity contribution in [1.29, 1.82) is 0 Å². The molecule has 1 rings (SSSR count). The van der Waals surface area contributed by atoms with Gasteiger partial charge in [-0.1, -0.05) is 0 Å². The monoisotopic (exact) mass is 241 g/mol. The van der Waals surface area contributed by atoms with Crippen molar-refractivity contribution < 1.29 is 8.42 Å². The molecule has 0 saturated carbocycles. The Kier molecular flexibility index (Phi) is 2.18. The van der Waals surface area contributed by atoms with Crippen molar-refractivity contribution in [2.45, 2.75) is 0 Å². The molecular formula is C4H5BrNO2PS. The van der Waals surface area contributed by atoms with E-state index in [1.165, 1.54) is 12.4 Å². The Bertz CT molecular complexity index is 331. The Balaban J connectivity index is 3.21. The van der Waals surface area contributed by atoms with Gasteiger partial charge in [0.15, 0.2) is 0 Å². The maximum absolute atomic E-state index is 10.8. The number of rotatable bonds is 1. The van der Waals surface area contributed by atoms with Crippen LogP contribution in [0.3, 0.4) is 0 Å². The molecule has 0 aliphatic heterocycles. The van der Waals surface area contributed by atoms with Crippen LogP contribution in [0.25, 0.3) is 0 Å². The van der Waals surface area contributed by atoms with Crippen molar-refractivity contribution in [2.75, 3.05) is 0 Å². The van der Waals surface area contributed by atoms with E-state index in [1.807, 2.05) is 0 Å². The second-order valence-electron chi connectivity index (χ2n) is 1.70. The summed E-state index contributed by atoms with van der Waals surface area (Å²) in [4.78, 5) is 0. The fraction of sp³-hybridized carbons (Fsp3) is 0. The molecule has 0 radical (unpaired) electrons. The molecule has 0 spiro atoms. The Labute approximate surface area is 69.6 Å². The van der Waals surface area contributed by atoms with Crippen LogP contribution in [0.4, 0.5) is 0 Å². The van der Waals surface area contributed by atoms with Gasteiger partial charge in [0.05, 0.1) is 0 Å². The van der Waals surface area contributed by atoms with E-state index in [-0.39, 0.29) is 0 Å². The summed E-state index contributed by atoms with van der Waals surface area (Å²) < 4.78 is 23.4. The number of halogens is 1. The zero-order valence-electron chi connectivity index (χ0n) is 4.86. The largest absolute Gasteiger partial charge is 0.249 e. The molecular weight excluding hydrogens is 237 g/mol. The molecule has 0 aliphatic carbocycles. The zero-order valence-corrected chi connectivity index (χ0v) is 8.42. The van der Waals surface area contributed by atoms with Crippen molar-refractivity contribution in [2.24, 2.45) is 0 Å². The fourth-order valence-electron chi connectivity index (χ4n) is 0.511. The molecule has 6 heteroatoms. The SMILES string of the molecule is O=S(=O)(P)n1ccc(Br)c1. The lowest BCUT2D eigenvalue weighted by atomic mass is 10.7. The van der Waals surface area contributed by atoms with Crippen LogP contribution in [0, 0.1) is 0 Å². The smallest absolute Gasteiger partial charge is 0.248 e. The van der Waals surface area contributed by atoms with Gasteiger partial charge in [-0.25, -0.2) is 12.4 Å². The van der Waals surface area contributed by atoms with Gasteiger partial charge in [-0.3, -0.25) is 0 Å². The highest BCUT2D eigenvalue weighted by Gasteiger charge is 2.02. The first kappa shape index (κ1) is 8.24. The second kappa shape index (κ2) is 2.64. The summed E-state index contributed by atoms with van der Waals surface area (Å²) in [6, 6.07) is 1.65. The Morgan fingerprint density at radius 1 is 1.60 bits per heavy atom. The second-order valence-corrected chi connectivity index (χ2v) is 5.86. The molecule has 10 heavy (non-hydrogen) atoms. The van der Waals surface area contributed by atoms with E-state index in [4.69, 9.17) is 0 Å². The van der Waals surface area contributed by atoms with E-state index in [0.717, 1.165) is 8.45 Å². The number of nitrogens with zero attached hydrogens (tertiary/aromatic N) is 1. The van der Waals surface area contributed by atoms with Gasteiger partial charge < -0.3 is 0 Å². The Morgan fingerprint density at radius 3 is 2.40 bits per heavy atom. The summed E-state index contributed by atoms with van der Waals surface area (Å²) in [5, 5.41) is 0. The van der Waals surface area contributed by atoms with E-state index in [0.29, 0.717) is 0 Å². The van der Waals surface area contributed by atoms with Crippen LogP contribution < -0.4 is 0 Å². The molecule has 1 aromatic heterocycles. The van der Waals surface area contributed by atoms with Gasteiger partial charge in [0.2, 0.25) is 9.64 Å². The summed E-state index contributed by atoms with van der Waals surface area (Å²) in [7, 11) is -1.42. The quantitative estimate of drug-likeness (QED) is 0.694. The lowest BCUT2D eigenvalue weighted by Crippen LogP contribution is -1.99. The van der Waals surface area contributed by atoms with E-state index >= 15 is 0 Å². The van der Waals surface area contributed by atoms with Gasteiger partial charge in [-0.05, 0) is 22.0 Å². The van der Waals surface area contributed by atoms with E-state index in [2.05, 4.69) is 15.9 Å². The first-order valence-electron chi connectivity index (χ1n) is 2.37. The first-order valence-corrected chi connectivity index (χ1v) is 6.08. The van der Waals surface area contributed by atoms with Crippen molar-refractivity contribution in [3.63, 3.8) is 0 Å². The average Bonchev–Trinajstić information content (AvgIpc) is 2.11. The Morgan fingerprint density at radius 2 is 2.20 bits per heavy atom. The van der Waals surface area contributed by atoms with Crippen LogP contribution in [-0.2, 0) is 9.64 Å². The van der Waals surface area contributed by atoms with Crippen molar-refractivity contribution in [3.8, 4) is 0 Å². The maximum atomic E-state index is 10.8. The van der Waals surface area contributed by atoms with Gasteiger partial charge in [0.25, 0.3) is 0 Å². The lowest BCUT2D eigenvalue weighted by Gasteiger charge is -1.94. The summed E-state index contributed by atoms with van der Waals surface area (Å²) in [5.41, 5.74) is 0. The summed E-state index contributed by atoms with van der Waals surface area (Å²) in [5.74, 6) is 0. The highest BCUT2D eigenvalue weighted by Crippen LogP contribution is 2.13. The highest BCUT2D eigenvalue weighted by molar-refractivity contribution is 9.10. The highest BCUT2D eigenvalue weighted by atomic mass is 79.9. The normalized spacial score (nSPS) is 11.8. The van der Waals surface area contributed by atoms with E-state index in [9.17, 15) is 8.42 Å². The number of hydrogen-bond acceptors (Lipinski definition) is 2. The average molecular weight is 242 g/mol. The minimum Gasteiger partial charge on any atom is -0.249 e. The molecule has 0 saturated heterocycles. The third-order valence-electron chi connectivity index (χ3n) is 0.925. The topological polar surface area (TPSA) is 39.1 Å². The predicted molar refractivity (Wildman–Crippen MR) is 46.2 cm³/mol. The minimum absolute atomic E-state index is 0.749. The van der Waals surface area contributed by atoms with Crippen LogP contribution >= 0.6 is 24.4 Å². The van der Waals surface area contributed by atoms with Gasteiger partial charge >= 0.3 is 0 Å². The van der Waals surface area contributed by atoms with E-state index in [1.54, 1.807) is 14.5 Å². The molecule has 0 N–H and O–H groups in total. The third-order valence-corrected chi connectivity index (χ3v) is 2.94. The molecule has 0 aliphatic rings. The summed E-state index contributed by atoms with van der Waals surface area (Å²) >= 11 is 3.13. The molecule has 3 nitrogen and oxygen atoms in total. The molecule has 0 aromatic carbocycles. The van der Waals surface area contributed by atoms with Crippen molar-refractivity contribution in [3.05, 3.63) is 22.9 Å². The standard InChI is InChI=1S/C4H5BrNO2PS/c5-4-1-2-6(3-4)10(7,8)9/h1-3H,9H2. The first-order chi connectivity index (χ1) is 4.50. The van der Waals surface area contributed by atoms with E-state index < -0.39 is 9.64 Å². The molecule has 1 unspecified atom stereocenters. The third kappa shape index (κ3) is 1.81. The molecule has 1 aromatic rings. The van der Waals surface area contributed by atoms with Crippen molar-refractivity contribution in [1.82, 2.24) is 3.97 Å². The Hall–Kier alpha value is 0.140. The zero-order chi connectivity index (χ0) is 7.78. The summed E-state index contributed by atoms with van der Waals surface area (Å²) in [6.45, 7) is 0. The number of aromatic nitrogens is 1. The predicted octanol–water partition coefficient (Wildman–Crippen LogP) is 1.22. The van der Waals surface area contributed by atoms with Crippen LogP contribution in [-0.4, -0.2) is 12.4 Å².